The van der Waals surface area contributed by atoms with E-state index in [4.69, 9.17) is 0 Å². The number of rotatable bonds is 1. The molecule has 16 heavy (non-hydrogen) atoms. The lowest BCUT2D eigenvalue weighted by Crippen LogP contribution is -2.30. The zero-order chi connectivity index (χ0) is 10.8. The monoisotopic (exact) mass is 229 g/mol. The summed E-state index contributed by atoms with van der Waals surface area (Å²) in [5.41, 5.74) is 1.45. The van der Waals surface area contributed by atoms with Gasteiger partial charge in [-0.05, 0) is 16.3 Å². The van der Waals surface area contributed by atoms with Gasteiger partial charge in [0, 0.05) is 24.1 Å². The van der Waals surface area contributed by atoms with E-state index in [9.17, 15) is 0 Å². The number of hydrogen-bond acceptors (Lipinski definition) is 2. The third kappa shape index (κ3) is 1.83. The second-order valence-corrected chi connectivity index (χ2v) is 5.30. The molecule has 0 spiro atoms. The predicted molar refractivity (Wildman–Crippen MR) is 72.0 cm³/mol. The molecule has 2 heteroatoms. The fourth-order valence-corrected chi connectivity index (χ4v) is 3.28. The van der Waals surface area contributed by atoms with Gasteiger partial charge in [0.2, 0.25) is 0 Å². The molecule has 0 saturated carbocycles. The maximum atomic E-state index is 3.61. The lowest BCUT2D eigenvalue weighted by atomic mass is 9.99. The van der Waals surface area contributed by atoms with E-state index >= 15 is 0 Å². The van der Waals surface area contributed by atoms with Gasteiger partial charge in [0.1, 0.15) is 0 Å². The molecule has 1 saturated heterocycles. The summed E-state index contributed by atoms with van der Waals surface area (Å²) in [5, 5.41) is 6.34. The minimum atomic E-state index is 0.518. The molecule has 1 atom stereocenters. The number of thioether (sulfide) groups is 1. The summed E-state index contributed by atoms with van der Waals surface area (Å²) in [6.45, 7) is 1.12. The second kappa shape index (κ2) is 4.48. The van der Waals surface area contributed by atoms with Crippen LogP contribution in [0.25, 0.3) is 10.8 Å². The van der Waals surface area contributed by atoms with Crippen LogP contribution in [0, 0.1) is 0 Å². The largest absolute Gasteiger partial charge is 0.308 e. The Morgan fingerprint density at radius 3 is 2.81 bits per heavy atom. The molecule has 1 N–H and O–H groups in total. The van der Waals surface area contributed by atoms with Crippen LogP contribution >= 0.6 is 11.8 Å². The van der Waals surface area contributed by atoms with Gasteiger partial charge < -0.3 is 5.32 Å². The third-order valence-electron chi connectivity index (χ3n) is 3.12. The van der Waals surface area contributed by atoms with Crippen molar-refractivity contribution in [1.82, 2.24) is 5.32 Å². The molecule has 0 radical (unpaired) electrons. The molecule has 82 valence electrons. The first kappa shape index (κ1) is 10.2. The molecule has 0 aliphatic carbocycles. The highest BCUT2D eigenvalue weighted by Gasteiger charge is 2.16. The van der Waals surface area contributed by atoms with Crippen LogP contribution in [0.3, 0.4) is 0 Å². The van der Waals surface area contributed by atoms with E-state index < -0.39 is 0 Å². The van der Waals surface area contributed by atoms with Crippen molar-refractivity contribution in [3.8, 4) is 0 Å². The van der Waals surface area contributed by atoms with Crippen molar-refractivity contribution in [1.29, 1.82) is 0 Å². The summed E-state index contributed by atoms with van der Waals surface area (Å²) in [6, 6.07) is 15.8. The molecule has 0 unspecified atom stereocenters. The minimum absolute atomic E-state index is 0.518. The van der Waals surface area contributed by atoms with Gasteiger partial charge in [-0.3, -0.25) is 0 Å². The maximum Gasteiger partial charge on any atom is 0.0418 e. The van der Waals surface area contributed by atoms with Gasteiger partial charge in [0.05, 0.1) is 0 Å². The summed E-state index contributed by atoms with van der Waals surface area (Å²) in [4.78, 5) is 0. The molecule has 1 heterocycles. The summed E-state index contributed by atoms with van der Waals surface area (Å²) in [5.74, 6) is 2.43. The van der Waals surface area contributed by atoms with Gasteiger partial charge in [-0.1, -0.05) is 42.5 Å². The van der Waals surface area contributed by atoms with Crippen molar-refractivity contribution >= 4 is 22.5 Å². The Labute approximate surface area is 100 Å². The summed E-state index contributed by atoms with van der Waals surface area (Å²) >= 11 is 2.04. The van der Waals surface area contributed by atoms with Crippen LogP contribution < -0.4 is 5.32 Å². The molecule has 3 rings (SSSR count). The van der Waals surface area contributed by atoms with Crippen molar-refractivity contribution < 1.29 is 0 Å². The quantitative estimate of drug-likeness (QED) is 0.806. The lowest BCUT2D eigenvalue weighted by Gasteiger charge is -2.24. The molecule has 1 aliphatic rings. The summed E-state index contributed by atoms with van der Waals surface area (Å²) in [7, 11) is 0. The van der Waals surface area contributed by atoms with E-state index in [2.05, 4.69) is 47.8 Å². The van der Waals surface area contributed by atoms with Gasteiger partial charge in [0.15, 0.2) is 0 Å². The van der Waals surface area contributed by atoms with Crippen LogP contribution in [0.5, 0.6) is 0 Å². The van der Waals surface area contributed by atoms with E-state index in [1.807, 2.05) is 11.8 Å². The van der Waals surface area contributed by atoms with Crippen molar-refractivity contribution in [2.75, 3.05) is 18.1 Å². The van der Waals surface area contributed by atoms with Gasteiger partial charge in [-0.2, -0.15) is 11.8 Å². The van der Waals surface area contributed by atoms with Gasteiger partial charge >= 0.3 is 0 Å². The SMILES string of the molecule is c1ccc2c([C@H]3CSCCN3)cccc2c1. The molecular weight excluding hydrogens is 214 g/mol. The van der Waals surface area contributed by atoms with Crippen molar-refractivity contribution in [3.63, 3.8) is 0 Å². The summed E-state index contributed by atoms with van der Waals surface area (Å²) in [6.07, 6.45) is 0. The van der Waals surface area contributed by atoms with Gasteiger partial charge in [-0.15, -0.1) is 0 Å². The lowest BCUT2D eigenvalue weighted by molar-refractivity contribution is 0.599. The van der Waals surface area contributed by atoms with E-state index in [0.717, 1.165) is 6.54 Å². The predicted octanol–water partition coefficient (Wildman–Crippen LogP) is 3.22. The first-order chi connectivity index (χ1) is 7.95. The zero-order valence-electron chi connectivity index (χ0n) is 9.15. The molecule has 1 aliphatic heterocycles. The van der Waals surface area contributed by atoms with E-state index in [1.165, 1.54) is 27.8 Å². The molecule has 2 aromatic carbocycles. The zero-order valence-corrected chi connectivity index (χ0v) is 9.96. The first-order valence-corrected chi connectivity index (χ1v) is 6.89. The maximum absolute atomic E-state index is 3.61. The Balaban J connectivity index is 2.08. The Morgan fingerprint density at radius 1 is 1.06 bits per heavy atom. The third-order valence-corrected chi connectivity index (χ3v) is 4.18. The average molecular weight is 229 g/mol. The van der Waals surface area contributed by atoms with Crippen molar-refractivity contribution in [3.05, 3.63) is 48.0 Å². The van der Waals surface area contributed by atoms with Crippen LogP contribution in [0.4, 0.5) is 0 Å². The Bertz CT molecular complexity index is 484. The average Bonchev–Trinajstić information content (AvgIpc) is 2.39. The molecule has 0 aromatic heterocycles. The summed E-state index contributed by atoms with van der Waals surface area (Å²) < 4.78 is 0. The number of fused-ring (bicyclic) bond motifs is 1. The molecule has 2 aromatic rings. The van der Waals surface area contributed by atoms with Crippen LogP contribution in [0.15, 0.2) is 42.5 Å². The van der Waals surface area contributed by atoms with Crippen molar-refractivity contribution in [2.45, 2.75) is 6.04 Å². The Kier molecular flexibility index (Phi) is 2.85. The Morgan fingerprint density at radius 2 is 1.94 bits per heavy atom. The van der Waals surface area contributed by atoms with E-state index in [-0.39, 0.29) is 0 Å². The molecular formula is C14H15NS. The van der Waals surface area contributed by atoms with Gasteiger partial charge in [-0.25, -0.2) is 0 Å². The topological polar surface area (TPSA) is 12.0 Å². The molecule has 1 nitrogen and oxygen atoms in total. The fourth-order valence-electron chi connectivity index (χ4n) is 2.32. The molecule has 1 fully saturated rings. The molecule has 0 amide bonds. The number of hydrogen-bond donors (Lipinski definition) is 1. The normalized spacial score (nSPS) is 21.1. The fraction of sp³-hybridized carbons (Fsp3) is 0.286. The highest BCUT2D eigenvalue weighted by molar-refractivity contribution is 7.99. The highest BCUT2D eigenvalue weighted by Crippen LogP contribution is 2.28. The smallest absolute Gasteiger partial charge is 0.0418 e. The Hall–Kier alpha value is -0.990. The number of nitrogens with one attached hydrogen (secondary N) is 1. The highest BCUT2D eigenvalue weighted by atomic mass is 32.2. The van der Waals surface area contributed by atoms with Crippen LogP contribution in [0.2, 0.25) is 0 Å². The van der Waals surface area contributed by atoms with E-state index in [0.29, 0.717) is 6.04 Å². The van der Waals surface area contributed by atoms with E-state index in [1.54, 1.807) is 0 Å². The first-order valence-electron chi connectivity index (χ1n) is 5.74. The van der Waals surface area contributed by atoms with Crippen LogP contribution in [-0.4, -0.2) is 18.1 Å². The van der Waals surface area contributed by atoms with Gasteiger partial charge in [0.25, 0.3) is 0 Å². The number of benzene rings is 2. The van der Waals surface area contributed by atoms with Crippen molar-refractivity contribution in [2.24, 2.45) is 0 Å². The standard InChI is InChI=1S/C14H15NS/c1-2-6-12-11(4-1)5-3-7-13(12)14-10-16-9-8-15-14/h1-7,14-15H,8-10H2/t14-/m1/s1. The van der Waals surface area contributed by atoms with Crippen LogP contribution in [0.1, 0.15) is 11.6 Å². The second-order valence-electron chi connectivity index (χ2n) is 4.15. The van der Waals surface area contributed by atoms with Crippen LogP contribution in [-0.2, 0) is 0 Å². The minimum Gasteiger partial charge on any atom is -0.308 e. The molecule has 0 bridgehead atoms.